The summed E-state index contributed by atoms with van der Waals surface area (Å²) >= 11 is 1.68. The summed E-state index contributed by atoms with van der Waals surface area (Å²) in [5.74, 6) is 1.97. The fourth-order valence-corrected chi connectivity index (χ4v) is 2.75. The van der Waals surface area contributed by atoms with Gasteiger partial charge in [0, 0.05) is 12.5 Å². The Morgan fingerprint density at radius 3 is 3.18 bits per heavy atom. The maximum atomic E-state index is 5.35. The molecule has 5 heteroatoms. The minimum absolute atomic E-state index is 0.171. The summed E-state index contributed by atoms with van der Waals surface area (Å²) in [5, 5.41) is 8.25. The highest BCUT2D eigenvalue weighted by atomic mass is 32.1. The highest BCUT2D eigenvalue weighted by molar-refractivity contribution is 7.07. The van der Waals surface area contributed by atoms with Crippen LogP contribution in [0.3, 0.4) is 0 Å². The third-order valence-electron chi connectivity index (χ3n) is 3.17. The third-order valence-corrected chi connectivity index (χ3v) is 3.87. The van der Waals surface area contributed by atoms with Crippen LogP contribution in [-0.2, 0) is 4.74 Å². The molecule has 1 saturated heterocycles. The fourth-order valence-electron chi connectivity index (χ4n) is 1.99. The van der Waals surface area contributed by atoms with Crippen molar-refractivity contribution in [3.63, 3.8) is 0 Å². The first-order chi connectivity index (χ1) is 8.34. The van der Waals surface area contributed by atoms with Crippen molar-refractivity contribution in [2.24, 2.45) is 0 Å². The number of hydrogen-bond donors (Lipinski definition) is 0. The molecule has 1 aliphatic heterocycles. The molecule has 2 aromatic rings. The molecule has 0 bridgehead atoms. The van der Waals surface area contributed by atoms with Gasteiger partial charge in [0.25, 0.3) is 0 Å². The molecule has 0 N–H and O–H groups in total. The molecule has 0 spiro atoms. The van der Waals surface area contributed by atoms with E-state index in [0.29, 0.717) is 18.4 Å². The SMILES string of the molecule is C[C@H](c1ccsc1)c1nc([C@H]2CCOC2)no1. The van der Waals surface area contributed by atoms with Crippen LogP contribution in [0.4, 0.5) is 0 Å². The molecular weight excluding hydrogens is 236 g/mol. The van der Waals surface area contributed by atoms with Crippen LogP contribution in [0.2, 0.25) is 0 Å². The maximum absolute atomic E-state index is 5.35. The number of thiophene rings is 1. The Kier molecular flexibility index (Phi) is 2.94. The molecule has 1 fully saturated rings. The lowest BCUT2D eigenvalue weighted by molar-refractivity contribution is 0.192. The molecule has 2 aromatic heterocycles. The Morgan fingerprint density at radius 2 is 2.47 bits per heavy atom. The average Bonchev–Trinajstić information content (AvgIpc) is 3.09. The van der Waals surface area contributed by atoms with Gasteiger partial charge in [0.15, 0.2) is 5.82 Å². The van der Waals surface area contributed by atoms with Gasteiger partial charge in [0.1, 0.15) is 0 Å². The van der Waals surface area contributed by atoms with Crippen LogP contribution in [-0.4, -0.2) is 23.4 Å². The lowest BCUT2D eigenvalue weighted by Crippen LogP contribution is -2.01. The molecule has 3 rings (SSSR count). The minimum Gasteiger partial charge on any atom is -0.381 e. The van der Waals surface area contributed by atoms with Gasteiger partial charge in [0.2, 0.25) is 5.89 Å². The van der Waals surface area contributed by atoms with Crippen molar-refractivity contribution in [1.29, 1.82) is 0 Å². The molecule has 90 valence electrons. The van der Waals surface area contributed by atoms with Gasteiger partial charge in [-0.05, 0) is 35.7 Å². The molecule has 0 amide bonds. The lowest BCUT2D eigenvalue weighted by atomic mass is 10.1. The second kappa shape index (κ2) is 4.58. The Labute approximate surface area is 104 Å². The van der Waals surface area contributed by atoms with Crippen molar-refractivity contribution in [1.82, 2.24) is 10.1 Å². The second-order valence-corrected chi connectivity index (χ2v) is 5.11. The molecular formula is C12H14N2O2S. The first-order valence-corrected chi connectivity index (χ1v) is 6.72. The van der Waals surface area contributed by atoms with Crippen LogP contribution in [0.25, 0.3) is 0 Å². The largest absolute Gasteiger partial charge is 0.381 e. The van der Waals surface area contributed by atoms with E-state index in [0.717, 1.165) is 18.9 Å². The zero-order valence-electron chi connectivity index (χ0n) is 9.63. The lowest BCUT2D eigenvalue weighted by Gasteiger charge is -2.02. The van der Waals surface area contributed by atoms with Gasteiger partial charge in [0.05, 0.1) is 12.5 Å². The predicted molar refractivity (Wildman–Crippen MR) is 64.3 cm³/mol. The van der Waals surface area contributed by atoms with Crippen molar-refractivity contribution in [3.05, 3.63) is 34.1 Å². The van der Waals surface area contributed by atoms with Gasteiger partial charge in [-0.1, -0.05) is 5.16 Å². The average molecular weight is 250 g/mol. The van der Waals surface area contributed by atoms with Crippen LogP contribution in [0.5, 0.6) is 0 Å². The molecule has 3 heterocycles. The number of nitrogens with zero attached hydrogens (tertiary/aromatic N) is 2. The van der Waals surface area contributed by atoms with Crippen LogP contribution in [0.1, 0.15) is 42.5 Å². The third kappa shape index (κ3) is 2.12. The standard InChI is InChI=1S/C12H14N2O2S/c1-8(10-3-5-17-7-10)12-13-11(14-16-12)9-2-4-15-6-9/h3,5,7-9H,2,4,6H2,1H3/t8-,9+/m1/s1. The smallest absolute Gasteiger partial charge is 0.233 e. The molecule has 0 radical (unpaired) electrons. The number of aromatic nitrogens is 2. The van der Waals surface area contributed by atoms with E-state index in [9.17, 15) is 0 Å². The van der Waals surface area contributed by atoms with Crippen LogP contribution in [0.15, 0.2) is 21.3 Å². The van der Waals surface area contributed by atoms with Crippen molar-refractivity contribution in [2.45, 2.75) is 25.2 Å². The highest BCUT2D eigenvalue weighted by Crippen LogP contribution is 2.27. The molecule has 1 aliphatic rings. The summed E-state index contributed by atoms with van der Waals surface area (Å²) in [7, 11) is 0. The molecule has 2 atom stereocenters. The van der Waals surface area contributed by atoms with Crippen molar-refractivity contribution in [3.8, 4) is 0 Å². The van der Waals surface area contributed by atoms with E-state index in [1.165, 1.54) is 5.56 Å². The van der Waals surface area contributed by atoms with Crippen molar-refractivity contribution in [2.75, 3.05) is 13.2 Å². The highest BCUT2D eigenvalue weighted by Gasteiger charge is 2.25. The summed E-state index contributed by atoms with van der Waals surface area (Å²) in [6.07, 6.45) is 0.992. The van der Waals surface area contributed by atoms with E-state index in [4.69, 9.17) is 9.26 Å². The van der Waals surface area contributed by atoms with E-state index >= 15 is 0 Å². The summed E-state index contributed by atoms with van der Waals surface area (Å²) in [6.45, 7) is 3.60. The number of rotatable bonds is 3. The molecule has 4 nitrogen and oxygen atoms in total. The summed E-state index contributed by atoms with van der Waals surface area (Å²) in [5.41, 5.74) is 1.23. The summed E-state index contributed by atoms with van der Waals surface area (Å²) in [6, 6.07) is 2.10. The van der Waals surface area contributed by atoms with Crippen LogP contribution < -0.4 is 0 Å². The van der Waals surface area contributed by atoms with Gasteiger partial charge in [-0.25, -0.2) is 0 Å². The van der Waals surface area contributed by atoms with E-state index < -0.39 is 0 Å². The summed E-state index contributed by atoms with van der Waals surface area (Å²) in [4.78, 5) is 4.50. The van der Waals surface area contributed by atoms with E-state index in [1.54, 1.807) is 11.3 Å². The normalized spacial score (nSPS) is 21.8. The molecule has 0 unspecified atom stereocenters. The number of ether oxygens (including phenoxy) is 1. The first kappa shape index (κ1) is 10.9. The van der Waals surface area contributed by atoms with Crippen LogP contribution >= 0.6 is 11.3 Å². The Balaban J connectivity index is 1.80. The molecule has 0 saturated carbocycles. The Hall–Kier alpha value is -1.20. The van der Waals surface area contributed by atoms with Gasteiger partial charge < -0.3 is 9.26 Å². The quantitative estimate of drug-likeness (QED) is 0.840. The zero-order chi connectivity index (χ0) is 11.7. The second-order valence-electron chi connectivity index (χ2n) is 4.33. The first-order valence-electron chi connectivity index (χ1n) is 5.78. The predicted octanol–water partition coefficient (Wildman–Crippen LogP) is 2.79. The fraction of sp³-hybridized carbons (Fsp3) is 0.500. The van der Waals surface area contributed by atoms with Gasteiger partial charge in [-0.2, -0.15) is 16.3 Å². The summed E-state index contributed by atoms with van der Waals surface area (Å²) < 4.78 is 10.7. The molecule has 0 aliphatic carbocycles. The van der Waals surface area contributed by atoms with E-state index in [1.807, 2.05) is 0 Å². The maximum Gasteiger partial charge on any atom is 0.233 e. The number of hydrogen-bond acceptors (Lipinski definition) is 5. The van der Waals surface area contributed by atoms with Crippen molar-refractivity contribution < 1.29 is 9.26 Å². The Morgan fingerprint density at radius 1 is 1.53 bits per heavy atom. The minimum atomic E-state index is 0.171. The molecule has 0 aromatic carbocycles. The zero-order valence-corrected chi connectivity index (χ0v) is 10.4. The van der Waals surface area contributed by atoms with E-state index in [-0.39, 0.29) is 5.92 Å². The van der Waals surface area contributed by atoms with E-state index in [2.05, 4.69) is 33.9 Å². The monoisotopic (exact) mass is 250 g/mol. The van der Waals surface area contributed by atoms with Gasteiger partial charge in [-0.3, -0.25) is 0 Å². The Bertz CT molecular complexity index is 474. The van der Waals surface area contributed by atoms with Gasteiger partial charge >= 0.3 is 0 Å². The van der Waals surface area contributed by atoms with Crippen LogP contribution in [0, 0.1) is 0 Å². The van der Waals surface area contributed by atoms with Crippen molar-refractivity contribution >= 4 is 11.3 Å². The topological polar surface area (TPSA) is 48.2 Å². The van der Waals surface area contributed by atoms with Gasteiger partial charge in [-0.15, -0.1) is 0 Å². The molecule has 17 heavy (non-hydrogen) atoms.